The maximum Gasteiger partial charge on any atom is 0.308 e. The third-order valence-electron chi connectivity index (χ3n) is 2.56. The number of hydrogen-bond acceptors (Lipinski definition) is 5. The minimum atomic E-state index is -0.823. The molecule has 0 aromatic carbocycles. The number of carbonyl (C=O) groups is 2. The van der Waals surface area contributed by atoms with Crippen molar-refractivity contribution >= 4 is 11.9 Å². The summed E-state index contributed by atoms with van der Waals surface area (Å²) in [4.78, 5) is 22.6. The molecule has 5 heteroatoms. The lowest BCUT2D eigenvalue weighted by Crippen LogP contribution is -2.31. The summed E-state index contributed by atoms with van der Waals surface area (Å²) in [6.45, 7) is 5.33. The SMILES string of the molecule is CC(C)(C)OC(=O)CC(O)CC1CCCC(=O)O1. The van der Waals surface area contributed by atoms with Gasteiger partial charge in [0.05, 0.1) is 12.5 Å². The molecule has 0 amide bonds. The van der Waals surface area contributed by atoms with Gasteiger partial charge in [-0.05, 0) is 33.6 Å². The summed E-state index contributed by atoms with van der Waals surface area (Å²) in [5.41, 5.74) is -0.548. The molecule has 0 aliphatic carbocycles. The van der Waals surface area contributed by atoms with Gasteiger partial charge in [-0.3, -0.25) is 9.59 Å². The maximum absolute atomic E-state index is 11.5. The van der Waals surface area contributed by atoms with E-state index in [1.54, 1.807) is 20.8 Å². The van der Waals surface area contributed by atoms with E-state index in [2.05, 4.69) is 0 Å². The second kappa shape index (κ2) is 6.18. The van der Waals surface area contributed by atoms with Crippen molar-refractivity contribution < 1.29 is 24.2 Å². The van der Waals surface area contributed by atoms with Crippen LogP contribution >= 0.6 is 0 Å². The van der Waals surface area contributed by atoms with E-state index in [0.29, 0.717) is 12.8 Å². The van der Waals surface area contributed by atoms with Gasteiger partial charge in [0.25, 0.3) is 0 Å². The van der Waals surface area contributed by atoms with Crippen LogP contribution in [0.15, 0.2) is 0 Å². The Balaban J connectivity index is 2.30. The van der Waals surface area contributed by atoms with Crippen LogP contribution in [0.25, 0.3) is 0 Å². The normalized spacial score (nSPS) is 22.2. The summed E-state index contributed by atoms with van der Waals surface area (Å²) in [6, 6.07) is 0. The topological polar surface area (TPSA) is 72.8 Å². The van der Waals surface area contributed by atoms with Crippen molar-refractivity contribution in [3.8, 4) is 0 Å². The minimum Gasteiger partial charge on any atom is -0.462 e. The molecular weight excluding hydrogens is 236 g/mol. The molecule has 18 heavy (non-hydrogen) atoms. The van der Waals surface area contributed by atoms with Crippen LogP contribution in [0, 0.1) is 0 Å². The first-order valence-corrected chi connectivity index (χ1v) is 6.35. The first kappa shape index (κ1) is 15.0. The van der Waals surface area contributed by atoms with Gasteiger partial charge >= 0.3 is 11.9 Å². The quantitative estimate of drug-likeness (QED) is 0.775. The molecule has 1 aliphatic rings. The lowest BCUT2D eigenvalue weighted by Gasteiger charge is -2.25. The molecule has 1 aliphatic heterocycles. The Morgan fingerprint density at radius 1 is 1.56 bits per heavy atom. The molecule has 5 nitrogen and oxygen atoms in total. The summed E-state index contributed by atoms with van der Waals surface area (Å²) in [5.74, 6) is -0.659. The van der Waals surface area contributed by atoms with E-state index in [9.17, 15) is 14.7 Å². The van der Waals surface area contributed by atoms with Crippen molar-refractivity contribution in [3.05, 3.63) is 0 Å². The highest BCUT2D eigenvalue weighted by Crippen LogP contribution is 2.19. The van der Waals surface area contributed by atoms with Crippen LogP contribution in [0.3, 0.4) is 0 Å². The number of cyclic esters (lactones) is 1. The highest BCUT2D eigenvalue weighted by molar-refractivity contribution is 5.71. The molecule has 0 bridgehead atoms. The molecule has 1 heterocycles. The van der Waals surface area contributed by atoms with Gasteiger partial charge in [-0.25, -0.2) is 0 Å². The number of aliphatic hydroxyl groups is 1. The molecule has 1 saturated heterocycles. The van der Waals surface area contributed by atoms with E-state index in [4.69, 9.17) is 9.47 Å². The van der Waals surface area contributed by atoms with Gasteiger partial charge in [0.15, 0.2) is 0 Å². The first-order valence-electron chi connectivity index (χ1n) is 6.35. The molecule has 0 radical (unpaired) electrons. The molecule has 1 rings (SSSR count). The number of aliphatic hydroxyl groups excluding tert-OH is 1. The predicted molar refractivity (Wildman–Crippen MR) is 64.8 cm³/mol. The van der Waals surface area contributed by atoms with E-state index < -0.39 is 17.7 Å². The Kier molecular flexibility index (Phi) is 5.14. The zero-order chi connectivity index (χ0) is 13.8. The highest BCUT2D eigenvalue weighted by atomic mass is 16.6. The summed E-state index contributed by atoms with van der Waals surface area (Å²) in [6.07, 6.45) is 1.11. The number of carbonyl (C=O) groups excluding carboxylic acids is 2. The zero-order valence-corrected chi connectivity index (χ0v) is 11.3. The third kappa shape index (κ3) is 6.00. The van der Waals surface area contributed by atoms with Crippen molar-refractivity contribution in [2.45, 2.75) is 70.7 Å². The number of ether oxygens (including phenoxy) is 2. The largest absolute Gasteiger partial charge is 0.462 e. The van der Waals surface area contributed by atoms with Gasteiger partial charge in [0, 0.05) is 12.8 Å². The smallest absolute Gasteiger partial charge is 0.308 e. The van der Waals surface area contributed by atoms with Crippen molar-refractivity contribution in [2.24, 2.45) is 0 Å². The summed E-state index contributed by atoms with van der Waals surface area (Å²) < 4.78 is 10.2. The van der Waals surface area contributed by atoms with Crippen LogP contribution in [-0.4, -0.2) is 34.9 Å². The molecule has 1 fully saturated rings. The zero-order valence-electron chi connectivity index (χ0n) is 11.3. The first-order chi connectivity index (χ1) is 8.26. The lowest BCUT2D eigenvalue weighted by atomic mass is 10.0. The Morgan fingerprint density at radius 2 is 2.22 bits per heavy atom. The fraction of sp³-hybridized carbons (Fsp3) is 0.846. The number of esters is 2. The van der Waals surface area contributed by atoms with Crippen LogP contribution in [0.2, 0.25) is 0 Å². The predicted octanol–water partition coefficient (Wildman–Crippen LogP) is 1.56. The van der Waals surface area contributed by atoms with Crippen LogP contribution in [0.5, 0.6) is 0 Å². The van der Waals surface area contributed by atoms with E-state index in [1.165, 1.54) is 0 Å². The van der Waals surface area contributed by atoms with Crippen LogP contribution < -0.4 is 0 Å². The van der Waals surface area contributed by atoms with Crippen molar-refractivity contribution in [2.75, 3.05) is 0 Å². The van der Waals surface area contributed by atoms with E-state index in [0.717, 1.165) is 12.8 Å². The monoisotopic (exact) mass is 258 g/mol. The Hall–Kier alpha value is -1.10. The average molecular weight is 258 g/mol. The van der Waals surface area contributed by atoms with Crippen LogP contribution in [0.1, 0.15) is 52.9 Å². The molecule has 0 spiro atoms. The molecule has 0 aromatic rings. The van der Waals surface area contributed by atoms with Crippen molar-refractivity contribution in [1.82, 2.24) is 0 Å². The maximum atomic E-state index is 11.5. The van der Waals surface area contributed by atoms with Gasteiger partial charge in [-0.2, -0.15) is 0 Å². The van der Waals surface area contributed by atoms with Crippen molar-refractivity contribution in [1.29, 1.82) is 0 Å². The Morgan fingerprint density at radius 3 is 2.78 bits per heavy atom. The van der Waals surface area contributed by atoms with Gasteiger partial charge in [-0.1, -0.05) is 0 Å². The molecule has 104 valence electrons. The van der Waals surface area contributed by atoms with E-state index >= 15 is 0 Å². The fourth-order valence-electron chi connectivity index (χ4n) is 1.91. The molecule has 0 saturated carbocycles. The summed E-state index contributed by atoms with van der Waals surface area (Å²) in [7, 11) is 0. The second-order valence-corrected chi connectivity index (χ2v) is 5.68. The summed E-state index contributed by atoms with van der Waals surface area (Å²) >= 11 is 0. The van der Waals surface area contributed by atoms with E-state index in [1.807, 2.05) is 0 Å². The number of rotatable bonds is 4. The van der Waals surface area contributed by atoms with Crippen LogP contribution in [-0.2, 0) is 19.1 Å². The van der Waals surface area contributed by atoms with Gasteiger partial charge in [0.2, 0.25) is 0 Å². The second-order valence-electron chi connectivity index (χ2n) is 5.68. The molecule has 0 aromatic heterocycles. The Labute approximate surface area is 107 Å². The lowest BCUT2D eigenvalue weighted by molar-refractivity contribution is -0.159. The van der Waals surface area contributed by atoms with Crippen LogP contribution in [0.4, 0.5) is 0 Å². The highest BCUT2D eigenvalue weighted by Gasteiger charge is 2.25. The third-order valence-corrected chi connectivity index (χ3v) is 2.56. The van der Waals surface area contributed by atoms with Gasteiger partial charge < -0.3 is 14.6 Å². The average Bonchev–Trinajstić information content (AvgIpc) is 2.13. The van der Waals surface area contributed by atoms with Gasteiger partial charge in [-0.15, -0.1) is 0 Å². The number of hydrogen-bond donors (Lipinski definition) is 1. The minimum absolute atomic E-state index is 0.0642. The Bertz CT molecular complexity index is 305. The molecule has 2 atom stereocenters. The molecule has 1 N–H and O–H groups in total. The van der Waals surface area contributed by atoms with E-state index in [-0.39, 0.29) is 18.5 Å². The summed E-state index contributed by atoms with van der Waals surface area (Å²) in [5, 5.41) is 9.76. The van der Waals surface area contributed by atoms with Crippen molar-refractivity contribution in [3.63, 3.8) is 0 Å². The molecular formula is C13H22O5. The van der Waals surface area contributed by atoms with Gasteiger partial charge in [0.1, 0.15) is 11.7 Å². The standard InChI is InChI=1S/C13H22O5/c1-13(2,3)18-12(16)8-9(14)7-10-5-4-6-11(15)17-10/h9-10,14H,4-8H2,1-3H3. The molecule has 2 unspecified atom stereocenters. The fourth-order valence-corrected chi connectivity index (χ4v) is 1.91.